The second kappa shape index (κ2) is 11.4. The molecule has 0 saturated carbocycles. The van der Waals surface area contributed by atoms with Gasteiger partial charge in [0.2, 0.25) is 0 Å². The standard InChI is InChI=1S/C21H22N6O6S2/c1-4-33-20(29)14-10-16(13-8-6-5-7-9-13)35-19(14)22-21(34)24-23-17(28)12(2)26-11-15(27(30)31)18(25-26)32-3/h5-12H,4H2,1-3H3,(H,23,28)(H2,22,24,34)/t12-/m1/s1. The first-order valence-electron chi connectivity index (χ1n) is 10.3. The van der Waals surface area contributed by atoms with E-state index in [1.54, 1.807) is 13.0 Å². The van der Waals surface area contributed by atoms with Crippen molar-refractivity contribution < 1.29 is 24.0 Å². The van der Waals surface area contributed by atoms with E-state index in [1.165, 1.54) is 25.4 Å². The highest BCUT2D eigenvalue weighted by Crippen LogP contribution is 2.36. The molecule has 0 aliphatic heterocycles. The van der Waals surface area contributed by atoms with Crippen molar-refractivity contribution in [3.05, 3.63) is 58.3 Å². The molecule has 1 amide bonds. The highest BCUT2D eigenvalue weighted by atomic mass is 32.1. The quantitative estimate of drug-likeness (QED) is 0.175. The van der Waals surface area contributed by atoms with Gasteiger partial charge in [0.05, 0.1) is 24.2 Å². The lowest BCUT2D eigenvalue weighted by Gasteiger charge is -2.15. The highest BCUT2D eigenvalue weighted by Gasteiger charge is 2.25. The van der Waals surface area contributed by atoms with Crippen LogP contribution >= 0.6 is 23.6 Å². The molecule has 3 rings (SSSR count). The zero-order valence-corrected chi connectivity index (χ0v) is 20.6. The van der Waals surface area contributed by atoms with E-state index in [2.05, 4.69) is 21.3 Å². The highest BCUT2D eigenvalue weighted by molar-refractivity contribution is 7.80. The molecule has 0 spiro atoms. The number of rotatable bonds is 8. The summed E-state index contributed by atoms with van der Waals surface area (Å²) >= 11 is 6.56. The Morgan fingerprint density at radius 3 is 2.60 bits per heavy atom. The summed E-state index contributed by atoms with van der Waals surface area (Å²) in [6.07, 6.45) is 1.10. The largest absolute Gasteiger partial charge is 0.475 e. The Bertz CT molecular complexity index is 1240. The van der Waals surface area contributed by atoms with Gasteiger partial charge in [0.15, 0.2) is 5.11 Å². The minimum absolute atomic E-state index is 0.0154. The van der Waals surface area contributed by atoms with E-state index >= 15 is 0 Å². The number of hydrogen-bond acceptors (Lipinski definition) is 9. The molecule has 0 bridgehead atoms. The van der Waals surface area contributed by atoms with Gasteiger partial charge in [-0.1, -0.05) is 30.3 Å². The van der Waals surface area contributed by atoms with E-state index in [-0.39, 0.29) is 23.3 Å². The summed E-state index contributed by atoms with van der Waals surface area (Å²) in [5, 5.41) is 18.4. The molecule has 35 heavy (non-hydrogen) atoms. The number of hydrogen-bond donors (Lipinski definition) is 3. The number of hydrazine groups is 1. The SMILES string of the molecule is CCOC(=O)c1cc(-c2ccccc2)sc1NC(=S)NNC(=O)[C@@H](C)n1cc([N+](=O)[O-])c(OC)n1. The predicted molar refractivity (Wildman–Crippen MR) is 133 cm³/mol. The minimum Gasteiger partial charge on any atom is -0.475 e. The van der Waals surface area contributed by atoms with E-state index in [4.69, 9.17) is 21.7 Å². The number of carbonyl (C=O) groups excluding carboxylic acids is 2. The van der Waals surface area contributed by atoms with Crippen LogP contribution in [0.15, 0.2) is 42.6 Å². The topological polar surface area (TPSA) is 150 Å². The number of carbonyl (C=O) groups is 2. The van der Waals surface area contributed by atoms with Crippen molar-refractivity contribution in [3.8, 4) is 16.3 Å². The van der Waals surface area contributed by atoms with E-state index in [1.807, 2.05) is 30.3 Å². The fourth-order valence-corrected chi connectivity index (χ4v) is 4.17. The zero-order valence-electron chi connectivity index (χ0n) is 18.9. The van der Waals surface area contributed by atoms with Crippen LogP contribution in [-0.4, -0.2) is 45.4 Å². The number of aromatic nitrogens is 2. The first kappa shape index (κ1) is 25.6. The van der Waals surface area contributed by atoms with Crippen molar-refractivity contribution in [2.24, 2.45) is 0 Å². The molecule has 0 aliphatic rings. The van der Waals surface area contributed by atoms with Gasteiger partial charge in [-0.15, -0.1) is 16.4 Å². The summed E-state index contributed by atoms with van der Waals surface area (Å²) in [6.45, 7) is 3.41. The zero-order chi connectivity index (χ0) is 25.5. The van der Waals surface area contributed by atoms with Crippen molar-refractivity contribution in [2.75, 3.05) is 19.0 Å². The fourth-order valence-electron chi connectivity index (χ4n) is 2.90. The van der Waals surface area contributed by atoms with Crippen LogP contribution in [0.3, 0.4) is 0 Å². The summed E-state index contributed by atoms with van der Waals surface area (Å²) in [5.41, 5.74) is 5.82. The number of methoxy groups -OCH3 is 1. The number of ether oxygens (including phenoxy) is 2. The molecule has 0 saturated heterocycles. The third kappa shape index (κ3) is 6.10. The number of nitrogens with zero attached hydrogens (tertiary/aromatic N) is 3. The molecule has 3 aromatic rings. The van der Waals surface area contributed by atoms with Gasteiger partial charge in [-0.05, 0) is 37.7 Å². The van der Waals surface area contributed by atoms with E-state index in [0.29, 0.717) is 10.6 Å². The van der Waals surface area contributed by atoms with Gasteiger partial charge >= 0.3 is 17.5 Å². The maximum atomic E-state index is 12.5. The number of amides is 1. The van der Waals surface area contributed by atoms with Crippen molar-refractivity contribution in [1.29, 1.82) is 0 Å². The van der Waals surface area contributed by atoms with Crippen LogP contribution in [0.1, 0.15) is 30.2 Å². The molecular formula is C21H22N6O6S2. The molecule has 1 aromatic carbocycles. The number of anilines is 1. The summed E-state index contributed by atoms with van der Waals surface area (Å²) in [4.78, 5) is 36.2. The van der Waals surface area contributed by atoms with Crippen LogP contribution in [0.4, 0.5) is 10.7 Å². The van der Waals surface area contributed by atoms with Crippen LogP contribution in [0.5, 0.6) is 5.88 Å². The Kier molecular flexibility index (Phi) is 8.33. The number of benzene rings is 1. The average molecular weight is 519 g/mol. The van der Waals surface area contributed by atoms with Crippen molar-refractivity contribution in [2.45, 2.75) is 19.9 Å². The molecule has 12 nitrogen and oxygen atoms in total. The van der Waals surface area contributed by atoms with Crippen LogP contribution in [0.25, 0.3) is 10.4 Å². The molecule has 2 heterocycles. The Balaban J connectivity index is 1.69. The molecule has 0 fully saturated rings. The van der Waals surface area contributed by atoms with E-state index < -0.39 is 22.8 Å². The number of thiophene rings is 1. The van der Waals surface area contributed by atoms with Gasteiger partial charge in [0.25, 0.3) is 5.91 Å². The Morgan fingerprint density at radius 1 is 1.29 bits per heavy atom. The molecule has 0 radical (unpaired) electrons. The third-order valence-electron chi connectivity index (χ3n) is 4.66. The first-order chi connectivity index (χ1) is 16.7. The van der Waals surface area contributed by atoms with Crippen molar-refractivity contribution in [3.63, 3.8) is 0 Å². The second-order valence-electron chi connectivity index (χ2n) is 6.95. The van der Waals surface area contributed by atoms with Gasteiger partial charge in [-0.25, -0.2) is 9.48 Å². The van der Waals surface area contributed by atoms with Gasteiger partial charge in [0.1, 0.15) is 17.2 Å². The summed E-state index contributed by atoms with van der Waals surface area (Å²) in [5.74, 6) is -1.29. The predicted octanol–water partition coefficient (Wildman–Crippen LogP) is 3.28. The van der Waals surface area contributed by atoms with E-state index in [9.17, 15) is 19.7 Å². The Labute approximate surface area is 209 Å². The molecule has 1 atom stereocenters. The smallest absolute Gasteiger partial charge is 0.350 e. The fraction of sp³-hybridized carbons (Fsp3) is 0.238. The summed E-state index contributed by atoms with van der Waals surface area (Å²) in [6, 6.07) is 10.3. The monoisotopic (exact) mass is 518 g/mol. The number of nitrogens with one attached hydrogen (secondary N) is 3. The van der Waals surface area contributed by atoms with Gasteiger partial charge in [0, 0.05) is 4.88 Å². The molecular weight excluding hydrogens is 496 g/mol. The molecule has 2 aromatic heterocycles. The lowest BCUT2D eigenvalue weighted by Crippen LogP contribution is -2.46. The van der Waals surface area contributed by atoms with Crippen molar-refractivity contribution >= 4 is 51.2 Å². The number of nitro groups is 1. The summed E-state index contributed by atoms with van der Waals surface area (Å²) < 4.78 is 11.1. The lowest BCUT2D eigenvalue weighted by atomic mass is 10.1. The maximum absolute atomic E-state index is 12.5. The maximum Gasteiger partial charge on any atom is 0.350 e. The number of esters is 1. The first-order valence-corrected chi connectivity index (χ1v) is 11.5. The van der Waals surface area contributed by atoms with Gasteiger partial charge < -0.3 is 14.8 Å². The molecule has 14 heteroatoms. The van der Waals surface area contributed by atoms with E-state index in [0.717, 1.165) is 21.3 Å². The summed E-state index contributed by atoms with van der Waals surface area (Å²) in [7, 11) is 1.24. The normalized spacial score (nSPS) is 11.3. The average Bonchev–Trinajstić information content (AvgIpc) is 3.47. The molecule has 0 unspecified atom stereocenters. The molecule has 184 valence electrons. The minimum atomic E-state index is -0.922. The third-order valence-corrected chi connectivity index (χ3v) is 5.96. The van der Waals surface area contributed by atoms with Crippen LogP contribution in [-0.2, 0) is 9.53 Å². The Hall–Kier alpha value is -4.04. The van der Waals surface area contributed by atoms with Crippen molar-refractivity contribution in [1.82, 2.24) is 20.6 Å². The molecule has 3 N–H and O–H groups in total. The van der Waals surface area contributed by atoms with Gasteiger partial charge in [-0.3, -0.25) is 25.8 Å². The Morgan fingerprint density at radius 2 is 2.00 bits per heavy atom. The van der Waals surface area contributed by atoms with Crippen LogP contribution in [0, 0.1) is 10.1 Å². The lowest BCUT2D eigenvalue weighted by molar-refractivity contribution is -0.385. The molecule has 0 aliphatic carbocycles. The van der Waals surface area contributed by atoms with Gasteiger partial charge in [-0.2, -0.15) is 0 Å². The second-order valence-corrected chi connectivity index (χ2v) is 8.41. The number of thiocarbonyl (C=S) groups is 1. The van der Waals surface area contributed by atoms with Crippen LogP contribution < -0.4 is 20.9 Å². The van der Waals surface area contributed by atoms with Crippen LogP contribution in [0.2, 0.25) is 0 Å².